The van der Waals surface area contributed by atoms with Crippen LogP contribution < -0.4 is 0 Å². The minimum absolute atomic E-state index is 0.00357. The van der Waals surface area contributed by atoms with Crippen LogP contribution in [-0.4, -0.2) is 49.0 Å². The fraction of sp³-hybridized carbons (Fsp3) is 0.700. The number of carbonyl (C=O) groups excluding carboxylic acids is 5. The van der Waals surface area contributed by atoms with Crippen molar-refractivity contribution in [3.05, 3.63) is 23.0 Å². The SMILES string of the molecule is CO[13C](=O)[13C@]12[13C](OC(C)=O)=[13C](C)C(=O)[13C@@]1([13CH3])C(C)=[13CH][13C@@H]1[13C@@]34C[13CH2][13C@@H](O[13C]([13CH3])=O)[13C](C)([13CH3])[13CH]3[13C@H](C[13C@]12[13CH3])O[13C]4=O. The van der Waals surface area contributed by atoms with Crippen LogP contribution >= 0.6 is 0 Å². The lowest BCUT2D eigenvalue weighted by atomic mass is 10.1. The lowest BCUT2D eigenvalue weighted by Crippen LogP contribution is -2.71. The van der Waals surface area contributed by atoms with E-state index in [0.29, 0.717) is 18.4 Å². The first-order valence-corrected chi connectivity index (χ1v) is 13.6. The van der Waals surface area contributed by atoms with E-state index in [4.69, 9.17) is 18.9 Å². The first-order valence-electron chi connectivity index (χ1n) is 13.6. The summed E-state index contributed by atoms with van der Waals surface area (Å²) in [7, 11) is 1.26. The van der Waals surface area contributed by atoms with Crippen LogP contribution in [-0.2, 0) is 42.9 Å². The number of esters is 4. The number of ketones is 1. The first-order chi connectivity index (χ1) is 18.0. The number of methoxy groups -OCH3 is 1. The third-order valence-corrected chi connectivity index (χ3v) is 11.2. The first kappa shape index (κ1) is 27.6. The predicted molar refractivity (Wildman–Crippen MR) is 136 cm³/mol. The van der Waals surface area contributed by atoms with Crippen LogP contribution in [0.5, 0.6) is 0 Å². The zero-order chi connectivity index (χ0) is 29.1. The van der Waals surface area contributed by atoms with Crippen LogP contribution in [0.4, 0.5) is 0 Å². The highest BCUT2D eigenvalue weighted by Crippen LogP contribution is 2.79. The molecular formula is C30H38O9. The predicted octanol–water partition coefficient (Wildman–Crippen LogP) is 3.84. The van der Waals surface area contributed by atoms with Crippen LogP contribution in [0.25, 0.3) is 0 Å². The lowest BCUT2D eigenvalue weighted by molar-refractivity contribution is -0.218. The number of allylic oxidation sites excluding steroid dienone is 3. The topological polar surface area (TPSA) is 122 Å². The van der Waals surface area contributed by atoms with Crippen molar-refractivity contribution in [3.63, 3.8) is 0 Å². The van der Waals surface area contributed by atoms with Gasteiger partial charge in [0.15, 0.2) is 5.78 Å². The molecule has 5 aliphatic rings. The lowest BCUT2D eigenvalue weighted by Gasteiger charge is -2.66. The van der Waals surface area contributed by atoms with Crippen molar-refractivity contribution in [3.8, 4) is 0 Å². The van der Waals surface area contributed by atoms with Gasteiger partial charge in [-0.3, -0.25) is 24.0 Å². The molecule has 0 radical (unpaired) electrons. The van der Waals surface area contributed by atoms with Crippen LogP contribution in [0.3, 0.4) is 0 Å². The van der Waals surface area contributed by atoms with Gasteiger partial charge < -0.3 is 18.9 Å². The van der Waals surface area contributed by atoms with Crippen molar-refractivity contribution in [1.82, 2.24) is 0 Å². The number of Topliss-reactive ketones (excluding diaryl/α,β-unsaturated/α-hetero) is 1. The van der Waals surface area contributed by atoms with Gasteiger partial charge in [-0.2, -0.15) is 0 Å². The van der Waals surface area contributed by atoms with Gasteiger partial charge in [-0.15, -0.1) is 0 Å². The molecule has 5 rings (SSSR count). The van der Waals surface area contributed by atoms with Gasteiger partial charge in [-0.1, -0.05) is 32.4 Å². The Morgan fingerprint density at radius 1 is 1.03 bits per heavy atom. The van der Waals surface area contributed by atoms with Crippen molar-refractivity contribution in [2.75, 3.05) is 7.11 Å². The maximum absolute atomic E-state index is 14.2. The van der Waals surface area contributed by atoms with E-state index in [9.17, 15) is 24.0 Å². The standard InChI is InChI=1S/C30H38O9/c1-14-12-19-27(7,30(25(35)36-9)23(38-17(4)32)15(2)22(33)28(14,30)8)13-18-21-26(5,6)20(37-16(3)31)10-11-29(19,21)24(34)39-18/h12,18-21H,10-11,13H2,1-9H3/t18-,19-,20+,21?,27+,28+,29-,30-/m0/s1/i3+1,5+1,7+1,8+1,10+1,12+1,15+1,16+1,18+1,19+1,20+1,21+1,23+1,24+1,25+1,26+1,27+1,28+1,29+1,30+1/t18-,19-,20+,21?,26?,27+,28+,29-,30-. The van der Waals surface area contributed by atoms with Crippen molar-refractivity contribution in [2.24, 2.45) is 38.9 Å². The molecule has 39 heavy (non-hydrogen) atoms. The largest absolute Gasteiger partial charge is 0.468 e. The minimum Gasteiger partial charge on any atom is -0.468 e. The van der Waals surface area contributed by atoms with Gasteiger partial charge in [0.2, 0.25) is 0 Å². The third kappa shape index (κ3) is 2.84. The average molecular weight is 562 g/mol. The fourth-order valence-electron chi connectivity index (χ4n) is 9.85. The van der Waals surface area contributed by atoms with Gasteiger partial charge >= 0.3 is 23.9 Å². The van der Waals surface area contributed by atoms with Crippen LogP contribution in [0.2, 0.25) is 0 Å². The molecule has 2 unspecified atom stereocenters. The summed E-state index contributed by atoms with van der Waals surface area (Å²) in [6.45, 7) is 13.6. The van der Waals surface area contributed by atoms with Gasteiger partial charge in [0.25, 0.3) is 0 Å². The van der Waals surface area contributed by atoms with Crippen molar-refractivity contribution in [2.45, 2.75) is 86.9 Å². The monoisotopic (exact) mass is 562 g/mol. The molecule has 1 saturated heterocycles. The molecule has 2 bridgehead atoms. The molecule has 0 N–H and O–H groups in total. The van der Waals surface area contributed by atoms with E-state index in [1.54, 1.807) is 20.8 Å². The normalized spacial score (nSPS) is 45.9. The molecule has 0 aromatic carbocycles. The Balaban J connectivity index is 1.82. The Bertz CT molecular complexity index is 1290. The van der Waals surface area contributed by atoms with Gasteiger partial charge in [0.1, 0.15) is 23.4 Å². The second kappa shape index (κ2) is 8.04. The molecular weight excluding hydrogens is 524 g/mol. The maximum atomic E-state index is 14.2. The molecule has 0 amide bonds. The highest BCUT2D eigenvalue weighted by atomic mass is 16.7. The zero-order valence-corrected chi connectivity index (χ0v) is 24.2. The summed E-state index contributed by atoms with van der Waals surface area (Å²) in [6.07, 6.45) is 2.02. The van der Waals surface area contributed by atoms with Crippen molar-refractivity contribution < 1.29 is 42.9 Å². The molecule has 9 nitrogen and oxygen atoms in total. The van der Waals surface area contributed by atoms with E-state index in [1.165, 1.54) is 21.0 Å². The number of carbonyl (C=O) groups is 5. The van der Waals surface area contributed by atoms with E-state index < -0.39 is 57.1 Å². The average Bonchev–Trinajstić information content (AvgIpc) is 3.17. The summed E-state index contributed by atoms with van der Waals surface area (Å²) in [5.74, 6) is -3.21. The van der Waals surface area contributed by atoms with Crippen LogP contribution in [0.1, 0.15) is 74.7 Å². The number of ether oxygens (including phenoxy) is 4. The van der Waals surface area contributed by atoms with Gasteiger partial charge in [0.05, 0.1) is 17.9 Å². The molecule has 4 aliphatic carbocycles. The van der Waals surface area contributed by atoms with E-state index in [1.807, 2.05) is 26.8 Å². The van der Waals surface area contributed by atoms with Crippen LogP contribution in [0, 0.1) is 38.9 Å². The maximum Gasteiger partial charge on any atom is 0.321 e. The fourth-order valence-corrected chi connectivity index (χ4v) is 9.85. The minimum atomic E-state index is -1.70. The molecule has 9 atom stereocenters. The highest BCUT2D eigenvalue weighted by molar-refractivity contribution is 6.12. The number of hydrogen-bond donors (Lipinski definition) is 0. The Labute approximate surface area is 228 Å². The summed E-state index contributed by atoms with van der Waals surface area (Å²) < 4.78 is 23.1. The summed E-state index contributed by atoms with van der Waals surface area (Å²) >= 11 is 0. The molecule has 1 aliphatic heterocycles. The molecule has 3 fully saturated rings. The summed E-state index contributed by atoms with van der Waals surface area (Å²) in [5.41, 5.74) is -5.02. The van der Waals surface area contributed by atoms with E-state index in [0.717, 1.165) is 0 Å². The van der Waals surface area contributed by atoms with E-state index in [-0.39, 0.29) is 41.4 Å². The summed E-state index contributed by atoms with van der Waals surface area (Å²) in [5, 5.41) is 0. The Morgan fingerprint density at radius 3 is 2.23 bits per heavy atom. The second-order valence-corrected chi connectivity index (χ2v) is 13.1. The molecule has 0 aromatic rings. The quantitative estimate of drug-likeness (QED) is 0.219. The molecule has 2 saturated carbocycles. The van der Waals surface area contributed by atoms with Gasteiger partial charge in [-0.05, 0) is 40.0 Å². The van der Waals surface area contributed by atoms with Crippen molar-refractivity contribution >= 4 is 29.7 Å². The van der Waals surface area contributed by atoms with Gasteiger partial charge in [-0.25, -0.2) is 0 Å². The third-order valence-electron chi connectivity index (χ3n) is 11.2. The number of rotatable bonds is 3. The summed E-state index contributed by atoms with van der Waals surface area (Å²) in [6, 6.07) is 0. The smallest absolute Gasteiger partial charge is 0.321 e. The van der Waals surface area contributed by atoms with Gasteiger partial charge in [0, 0.05) is 42.1 Å². The summed E-state index contributed by atoms with van der Waals surface area (Å²) in [4.78, 5) is 66.6. The highest BCUT2D eigenvalue weighted by Gasteiger charge is 2.85. The Kier molecular flexibility index (Phi) is 5.69. The van der Waals surface area contributed by atoms with Crippen molar-refractivity contribution in [1.29, 1.82) is 0 Å². The molecule has 212 valence electrons. The number of hydrogen-bond acceptors (Lipinski definition) is 9. The Hall–Kier alpha value is -2.97. The number of fused-ring (bicyclic) bond motifs is 3. The van der Waals surface area contributed by atoms with E-state index >= 15 is 0 Å². The molecule has 0 spiro atoms. The molecule has 0 aromatic heterocycles. The van der Waals surface area contributed by atoms with Crippen LogP contribution in [0.15, 0.2) is 23.0 Å². The second-order valence-electron chi connectivity index (χ2n) is 13.1. The Morgan fingerprint density at radius 2 is 1.67 bits per heavy atom. The van der Waals surface area contributed by atoms with E-state index in [2.05, 4.69) is 0 Å². The zero-order valence-electron chi connectivity index (χ0n) is 24.2. The molecule has 1 heterocycles. The molecule has 9 heteroatoms.